The second-order valence-corrected chi connectivity index (χ2v) is 7.27. The van der Waals surface area contributed by atoms with Crippen LogP contribution in [-0.2, 0) is 0 Å². The number of ether oxygens (including phenoxy) is 1. The van der Waals surface area contributed by atoms with E-state index in [4.69, 9.17) is 4.74 Å². The lowest BCUT2D eigenvalue weighted by atomic mass is 10.1. The largest absolute Gasteiger partial charge is 0.491 e. The predicted octanol–water partition coefficient (Wildman–Crippen LogP) is 4.10. The number of hydrogen-bond acceptors (Lipinski definition) is 4. The Kier molecular flexibility index (Phi) is 6.08. The van der Waals surface area contributed by atoms with E-state index in [1.807, 2.05) is 61.5 Å². The molecular formula is C25H23N3O3. The van der Waals surface area contributed by atoms with Gasteiger partial charge in [0.25, 0.3) is 11.5 Å². The summed E-state index contributed by atoms with van der Waals surface area (Å²) in [6, 6.07) is 20.8. The zero-order valence-electron chi connectivity index (χ0n) is 17.2. The summed E-state index contributed by atoms with van der Waals surface area (Å²) >= 11 is 0. The van der Waals surface area contributed by atoms with Crippen LogP contribution in [0.15, 0.2) is 77.7 Å². The average molecular weight is 413 g/mol. The second kappa shape index (κ2) is 9.26. The summed E-state index contributed by atoms with van der Waals surface area (Å²) in [6.07, 6.45) is 2.34. The van der Waals surface area contributed by atoms with E-state index in [-0.39, 0.29) is 5.56 Å². The Bertz CT molecular complexity index is 1270. The molecule has 2 aromatic carbocycles. The Labute approximate surface area is 179 Å². The summed E-state index contributed by atoms with van der Waals surface area (Å²) in [5, 5.41) is 3.79. The molecule has 6 heteroatoms. The molecule has 156 valence electrons. The fourth-order valence-electron chi connectivity index (χ4n) is 3.38. The molecule has 4 rings (SSSR count). The number of nitrogens with zero attached hydrogens (tertiary/aromatic N) is 1. The van der Waals surface area contributed by atoms with Gasteiger partial charge in [-0.1, -0.05) is 42.0 Å². The number of benzene rings is 2. The van der Waals surface area contributed by atoms with E-state index < -0.39 is 11.5 Å². The zero-order chi connectivity index (χ0) is 21.6. The van der Waals surface area contributed by atoms with Gasteiger partial charge in [0.05, 0.1) is 6.61 Å². The van der Waals surface area contributed by atoms with Crippen molar-refractivity contribution in [3.8, 4) is 17.0 Å². The minimum Gasteiger partial charge on any atom is -0.491 e. The highest BCUT2D eigenvalue weighted by molar-refractivity contribution is 5.94. The summed E-state index contributed by atoms with van der Waals surface area (Å²) in [5.41, 5.74) is 3.19. The van der Waals surface area contributed by atoms with Crippen molar-refractivity contribution < 1.29 is 9.53 Å². The number of pyridine rings is 2. The van der Waals surface area contributed by atoms with Gasteiger partial charge in [-0.05, 0) is 49.2 Å². The number of carbonyl (C=O) groups is 1. The maximum Gasteiger partial charge on any atom is 0.261 e. The standard InChI is InChI=1S/C25H23N3O3/c1-17-6-2-8-19(16-17)21-12-11-20(25(30)28-21)24(29)27-14-5-15-31-22-10-3-7-18-9-4-13-26-23(18)22/h2-4,6-13,16H,5,14-15H2,1H3,(H,27,29)(H,28,30). The number of hydrogen-bond donors (Lipinski definition) is 2. The van der Waals surface area contributed by atoms with Gasteiger partial charge in [0, 0.05) is 23.8 Å². The van der Waals surface area contributed by atoms with E-state index in [9.17, 15) is 9.59 Å². The maximum atomic E-state index is 12.4. The molecule has 4 aromatic rings. The molecule has 0 radical (unpaired) electrons. The molecule has 0 saturated carbocycles. The highest BCUT2D eigenvalue weighted by Crippen LogP contribution is 2.23. The van der Waals surface area contributed by atoms with Crippen LogP contribution < -0.4 is 15.6 Å². The average Bonchev–Trinajstić information content (AvgIpc) is 2.78. The highest BCUT2D eigenvalue weighted by Gasteiger charge is 2.11. The van der Waals surface area contributed by atoms with Crippen molar-refractivity contribution >= 4 is 16.8 Å². The third-order valence-electron chi connectivity index (χ3n) is 4.94. The number of para-hydroxylation sites is 1. The SMILES string of the molecule is Cc1cccc(-c2ccc(C(=O)NCCCOc3cccc4cccnc34)c(=O)[nH]2)c1. The number of carbonyl (C=O) groups excluding carboxylic acids is 1. The number of nitrogens with one attached hydrogen (secondary N) is 2. The van der Waals surface area contributed by atoms with Crippen LogP contribution in [0.4, 0.5) is 0 Å². The minimum atomic E-state index is -0.408. The third kappa shape index (κ3) is 4.80. The van der Waals surface area contributed by atoms with Crippen LogP contribution in [0.25, 0.3) is 22.2 Å². The first-order valence-corrected chi connectivity index (χ1v) is 10.2. The van der Waals surface area contributed by atoms with Crippen molar-refractivity contribution in [3.63, 3.8) is 0 Å². The minimum absolute atomic E-state index is 0.0931. The molecule has 0 bridgehead atoms. The Morgan fingerprint density at radius 1 is 1.06 bits per heavy atom. The van der Waals surface area contributed by atoms with Crippen LogP contribution in [0, 0.1) is 6.92 Å². The maximum absolute atomic E-state index is 12.4. The van der Waals surface area contributed by atoms with Crippen molar-refractivity contribution in [3.05, 3.63) is 94.4 Å². The van der Waals surface area contributed by atoms with Crippen molar-refractivity contribution in [1.82, 2.24) is 15.3 Å². The predicted molar refractivity (Wildman–Crippen MR) is 121 cm³/mol. The number of rotatable bonds is 7. The molecule has 0 aliphatic carbocycles. The van der Waals surface area contributed by atoms with E-state index in [2.05, 4.69) is 15.3 Å². The summed E-state index contributed by atoms with van der Waals surface area (Å²) in [7, 11) is 0. The Morgan fingerprint density at radius 2 is 1.90 bits per heavy atom. The number of aromatic nitrogens is 2. The van der Waals surface area contributed by atoms with Crippen LogP contribution in [0.2, 0.25) is 0 Å². The molecule has 0 saturated heterocycles. The lowest BCUT2D eigenvalue weighted by molar-refractivity contribution is 0.0950. The molecule has 1 amide bonds. The lowest BCUT2D eigenvalue weighted by Gasteiger charge is -2.09. The van der Waals surface area contributed by atoms with Gasteiger partial charge in [0.15, 0.2) is 0 Å². The zero-order valence-corrected chi connectivity index (χ0v) is 17.2. The summed E-state index contributed by atoms with van der Waals surface area (Å²) in [6.45, 7) is 2.82. The molecule has 6 nitrogen and oxygen atoms in total. The van der Waals surface area contributed by atoms with Crippen molar-refractivity contribution in [2.45, 2.75) is 13.3 Å². The van der Waals surface area contributed by atoms with Crippen molar-refractivity contribution in [2.75, 3.05) is 13.2 Å². The highest BCUT2D eigenvalue weighted by atomic mass is 16.5. The Morgan fingerprint density at radius 3 is 2.74 bits per heavy atom. The normalized spacial score (nSPS) is 10.7. The first kappa shape index (κ1) is 20.3. The Balaban J connectivity index is 1.31. The van der Waals surface area contributed by atoms with E-state index in [1.165, 1.54) is 0 Å². The molecule has 0 aliphatic rings. The molecule has 0 aliphatic heterocycles. The van der Waals surface area contributed by atoms with Crippen molar-refractivity contribution in [2.24, 2.45) is 0 Å². The smallest absolute Gasteiger partial charge is 0.261 e. The Hall–Kier alpha value is -3.93. The molecule has 0 spiro atoms. The molecule has 0 atom stereocenters. The quantitative estimate of drug-likeness (QED) is 0.447. The number of fused-ring (bicyclic) bond motifs is 1. The molecule has 2 N–H and O–H groups in total. The molecular weight excluding hydrogens is 390 g/mol. The molecule has 2 aromatic heterocycles. The first-order chi connectivity index (χ1) is 15.1. The van der Waals surface area contributed by atoms with Crippen LogP contribution in [-0.4, -0.2) is 29.0 Å². The monoisotopic (exact) mass is 413 g/mol. The fraction of sp³-hybridized carbons (Fsp3) is 0.160. The van der Waals surface area contributed by atoms with Crippen LogP contribution in [0.5, 0.6) is 5.75 Å². The summed E-state index contributed by atoms with van der Waals surface area (Å²) in [5.74, 6) is 0.316. The lowest BCUT2D eigenvalue weighted by Crippen LogP contribution is -2.30. The number of amides is 1. The number of H-pyrrole nitrogens is 1. The van der Waals surface area contributed by atoms with E-state index in [0.29, 0.717) is 31.0 Å². The number of aromatic amines is 1. The first-order valence-electron chi connectivity index (χ1n) is 10.2. The molecule has 2 heterocycles. The van der Waals surface area contributed by atoms with Gasteiger partial charge >= 0.3 is 0 Å². The van der Waals surface area contributed by atoms with E-state index >= 15 is 0 Å². The summed E-state index contributed by atoms with van der Waals surface area (Å²) in [4.78, 5) is 31.9. The molecule has 31 heavy (non-hydrogen) atoms. The molecule has 0 unspecified atom stereocenters. The van der Waals surface area contributed by atoms with E-state index in [1.54, 1.807) is 18.3 Å². The van der Waals surface area contributed by atoms with Gasteiger partial charge in [-0.25, -0.2) is 0 Å². The van der Waals surface area contributed by atoms with Crippen LogP contribution in [0.1, 0.15) is 22.3 Å². The van der Waals surface area contributed by atoms with Crippen molar-refractivity contribution in [1.29, 1.82) is 0 Å². The number of aryl methyl sites for hydroxylation is 1. The summed E-state index contributed by atoms with van der Waals surface area (Å²) < 4.78 is 5.82. The third-order valence-corrected chi connectivity index (χ3v) is 4.94. The molecule has 0 fully saturated rings. The van der Waals surface area contributed by atoms with E-state index in [0.717, 1.165) is 22.0 Å². The van der Waals surface area contributed by atoms with Gasteiger partial charge < -0.3 is 15.0 Å². The second-order valence-electron chi connectivity index (χ2n) is 7.27. The van der Waals surface area contributed by atoms with Gasteiger partial charge in [0.2, 0.25) is 0 Å². The van der Waals surface area contributed by atoms with Gasteiger partial charge in [-0.15, -0.1) is 0 Å². The topological polar surface area (TPSA) is 84.1 Å². The van der Waals surface area contributed by atoms with Crippen LogP contribution in [0.3, 0.4) is 0 Å². The van der Waals surface area contributed by atoms with Crippen LogP contribution >= 0.6 is 0 Å². The van der Waals surface area contributed by atoms with Gasteiger partial charge in [0.1, 0.15) is 16.8 Å². The van der Waals surface area contributed by atoms with Gasteiger partial charge in [-0.2, -0.15) is 0 Å². The van der Waals surface area contributed by atoms with Gasteiger partial charge in [-0.3, -0.25) is 14.6 Å². The fourth-order valence-corrected chi connectivity index (χ4v) is 3.38.